The number of hydrogen-bond acceptors (Lipinski definition) is 1. The third-order valence-electron chi connectivity index (χ3n) is 4.25. The van der Waals surface area contributed by atoms with E-state index in [9.17, 15) is 0 Å². The van der Waals surface area contributed by atoms with Crippen molar-refractivity contribution in [1.29, 1.82) is 0 Å². The molecule has 1 unspecified atom stereocenters. The van der Waals surface area contributed by atoms with Gasteiger partial charge in [-0.25, -0.2) is 0 Å². The minimum Gasteiger partial charge on any atom is -0.340 e. The molecule has 0 aromatic carbocycles. The van der Waals surface area contributed by atoms with Crippen molar-refractivity contribution in [2.75, 3.05) is 13.6 Å². The van der Waals surface area contributed by atoms with E-state index in [0.717, 1.165) is 24.8 Å². The number of hydrogen-bond donors (Lipinski definition) is 0. The zero-order chi connectivity index (χ0) is 14.3. The van der Waals surface area contributed by atoms with Crippen LogP contribution in [0.3, 0.4) is 0 Å². The van der Waals surface area contributed by atoms with Crippen molar-refractivity contribution in [3.05, 3.63) is 24.4 Å². The Morgan fingerprint density at radius 2 is 2.05 bits per heavy atom. The zero-order valence-electron chi connectivity index (χ0n) is 13.1. The molecular formula is C17H30N2. The molecule has 0 aliphatic heterocycles. The predicted octanol–water partition coefficient (Wildman–Crippen LogP) is 4.50. The normalized spacial score (nSPS) is 24.6. The van der Waals surface area contributed by atoms with Crippen LogP contribution in [0.4, 0.5) is 0 Å². The average Bonchev–Trinajstić information content (AvgIpc) is 2.34. The molecule has 1 fully saturated rings. The highest BCUT2D eigenvalue weighted by Crippen LogP contribution is 2.43. The van der Waals surface area contributed by atoms with Crippen LogP contribution in [0.1, 0.15) is 46.5 Å². The van der Waals surface area contributed by atoms with Crippen LogP contribution in [0, 0.1) is 17.8 Å². The van der Waals surface area contributed by atoms with Crippen LogP contribution < -0.4 is 0 Å². The summed E-state index contributed by atoms with van der Waals surface area (Å²) in [7, 11) is 2.06. The molecule has 0 amide bonds. The van der Waals surface area contributed by atoms with E-state index in [2.05, 4.69) is 56.4 Å². The Morgan fingerprint density at radius 1 is 1.37 bits per heavy atom. The molecule has 0 saturated heterocycles. The lowest BCUT2D eigenvalue weighted by Crippen LogP contribution is -2.34. The standard InChI is InChI=1S/C17H30N2/c1-6-8-9-10-14(3)16-11-17(12-16)15(4)19(5)13-18-7-2/h8-9,13-14,16-17H,4,6-7,10-12H2,1-3,5H3. The van der Waals surface area contributed by atoms with Gasteiger partial charge in [0, 0.05) is 19.3 Å². The average molecular weight is 262 g/mol. The minimum atomic E-state index is 0.663. The molecule has 2 nitrogen and oxygen atoms in total. The van der Waals surface area contributed by atoms with Gasteiger partial charge in [0.2, 0.25) is 0 Å². The van der Waals surface area contributed by atoms with Gasteiger partial charge in [-0.05, 0) is 50.4 Å². The molecule has 0 bridgehead atoms. The Morgan fingerprint density at radius 3 is 2.63 bits per heavy atom. The molecule has 0 N–H and O–H groups in total. The Bertz CT molecular complexity index is 324. The van der Waals surface area contributed by atoms with E-state index in [4.69, 9.17) is 0 Å². The molecule has 1 aliphatic rings. The van der Waals surface area contributed by atoms with Gasteiger partial charge in [0.05, 0.1) is 6.34 Å². The number of nitrogens with zero attached hydrogens (tertiary/aromatic N) is 2. The molecule has 1 aliphatic carbocycles. The Balaban J connectivity index is 2.30. The van der Waals surface area contributed by atoms with Crippen molar-refractivity contribution in [3.63, 3.8) is 0 Å². The van der Waals surface area contributed by atoms with Crippen LogP contribution in [-0.4, -0.2) is 24.8 Å². The highest BCUT2D eigenvalue weighted by Gasteiger charge is 2.34. The van der Waals surface area contributed by atoms with Gasteiger partial charge in [-0.2, -0.15) is 0 Å². The molecular weight excluding hydrogens is 232 g/mol. The van der Waals surface area contributed by atoms with Gasteiger partial charge < -0.3 is 4.90 Å². The SMILES string of the molecule is C=C(C1CC(C(C)CC=CCC)C1)N(C)C=NCC. The van der Waals surface area contributed by atoms with Crippen LogP contribution in [0.15, 0.2) is 29.4 Å². The first-order valence-electron chi connectivity index (χ1n) is 7.66. The summed E-state index contributed by atoms with van der Waals surface area (Å²) in [5.74, 6) is 2.34. The molecule has 0 aromatic heterocycles. The van der Waals surface area contributed by atoms with E-state index in [1.807, 2.05) is 6.34 Å². The highest BCUT2D eigenvalue weighted by atomic mass is 15.1. The lowest BCUT2D eigenvalue weighted by atomic mass is 9.67. The lowest BCUT2D eigenvalue weighted by Gasteiger charge is -2.41. The van der Waals surface area contributed by atoms with Crippen LogP contribution >= 0.6 is 0 Å². The maximum absolute atomic E-state index is 4.27. The summed E-state index contributed by atoms with van der Waals surface area (Å²) in [5, 5.41) is 0. The summed E-state index contributed by atoms with van der Waals surface area (Å²) in [4.78, 5) is 6.36. The molecule has 2 heteroatoms. The van der Waals surface area contributed by atoms with Crippen molar-refractivity contribution < 1.29 is 0 Å². The van der Waals surface area contributed by atoms with Crippen molar-refractivity contribution in [2.45, 2.75) is 46.5 Å². The van der Waals surface area contributed by atoms with E-state index in [0.29, 0.717) is 5.92 Å². The number of rotatable bonds is 8. The van der Waals surface area contributed by atoms with Crippen LogP contribution in [0.5, 0.6) is 0 Å². The molecule has 1 rings (SSSR count). The lowest BCUT2D eigenvalue weighted by molar-refractivity contribution is 0.146. The molecule has 1 atom stereocenters. The second kappa shape index (κ2) is 8.19. The van der Waals surface area contributed by atoms with Crippen LogP contribution in [0.2, 0.25) is 0 Å². The van der Waals surface area contributed by atoms with Gasteiger partial charge in [0.15, 0.2) is 0 Å². The van der Waals surface area contributed by atoms with Crippen molar-refractivity contribution in [2.24, 2.45) is 22.7 Å². The molecule has 0 spiro atoms. The quantitative estimate of drug-likeness (QED) is 0.357. The first-order chi connectivity index (χ1) is 9.10. The third-order valence-corrected chi connectivity index (χ3v) is 4.25. The summed E-state index contributed by atoms with van der Waals surface area (Å²) in [6, 6.07) is 0. The molecule has 1 saturated carbocycles. The predicted molar refractivity (Wildman–Crippen MR) is 85.4 cm³/mol. The summed E-state index contributed by atoms with van der Waals surface area (Å²) in [6.45, 7) is 11.7. The maximum atomic E-state index is 4.27. The summed E-state index contributed by atoms with van der Waals surface area (Å²) < 4.78 is 0. The van der Waals surface area contributed by atoms with E-state index in [-0.39, 0.29) is 0 Å². The van der Waals surface area contributed by atoms with Gasteiger partial charge in [-0.1, -0.05) is 32.6 Å². The second-order valence-corrected chi connectivity index (χ2v) is 5.74. The fourth-order valence-electron chi connectivity index (χ4n) is 2.63. The fraction of sp³-hybridized carbons (Fsp3) is 0.706. The first kappa shape index (κ1) is 16.0. The fourth-order valence-corrected chi connectivity index (χ4v) is 2.63. The smallest absolute Gasteiger partial charge is 0.0888 e. The summed E-state index contributed by atoms with van der Waals surface area (Å²) >= 11 is 0. The van der Waals surface area contributed by atoms with Gasteiger partial charge in [-0.15, -0.1) is 0 Å². The van der Waals surface area contributed by atoms with Crippen LogP contribution in [0.25, 0.3) is 0 Å². The van der Waals surface area contributed by atoms with Gasteiger partial charge >= 0.3 is 0 Å². The highest BCUT2D eigenvalue weighted by molar-refractivity contribution is 5.57. The molecule has 0 aromatic rings. The topological polar surface area (TPSA) is 15.6 Å². The van der Waals surface area contributed by atoms with E-state index < -0.39 is 0 Å². The van der Waals surface area contributed by atoms with Gasteiger partial charge in [0.25, 0.3) is 0 Å². The number of aliphatic imine (C=N–C) groups is 1. The Hall–Kier alpha value is -1.05. The summed E-state index contributed by atoms with van der Waals surface area (Å²) in [5.41, 5.74) is 1.23. The largest absolute Gasteiger partial charge is 0.340 e. The molecule has 0 heterocycles. The van der Waals surface area contributed by atoms with Gasteiger partial charge in [0.1, 0.15) is 0 Å². The van der Waals surface area contributed by atoms with Gasteiger partial charge in [-0.3, -0.25) is 4.99 Å². The van der Waals surface area contributed by atoms with E-state index in [1.165, 1.54) is 25.0 Å². The molecule has 0 radical (unpaired) electrons. The van der Waals surface area contributed by atoms with E-state index in [1.54, 1.807) is 0 Å². The minimum absolute atomic E-state index is 0.663. The molecule has 19 heavy (non-hydrogen) atoms. The Kier molecular flexibility index (Phi) is 6.90. The third kappa shape index (κ3) is 4.85. The van der Waals surface area contributed by atoms with Crippen LogP contribution in [-0.2, 0) is 0 Å². The maximum Gasteiger partial charge on any atom is 0.0888 e. The zero-order valence-corrected chi connectivity index (χ0v) is 13.1. The van der Waals surface area contributed by atoms with Crippen molar-refractivity contribution in [3.8, 4) is 0 Å². The van der Waals surface area contributed by atoms with Crippen molar-refractivity contribution in [1.82, 2.24) is 4.90 Å². The molecule has 108 valence electrons. The van der Waals surface area contributed by atoms with Crippen molar-refractivity contribution >= 4 is 6.34 Å². The second-order valence-electron chi connectivity index (χ2n) is 5.74. The monoisotopic (exact) mass is 262 g/mol. The summed E-state index contributed by atoms with van der Waals surface area (Å²) in [6.07, 6.45) is 11.5. The first-order valence-corrected chi connectivity index (χ1v) is 7.66. The number of allylic oxidation sites excluding steroid dienone is 3. The van der Waals surface area contributed by atoms with E-state index >= 15 is 0 Å². The Labute approximate surface area is 119 Å².